The molecule has 0 unspecified atom stereocenters. The smallest absolute Gasteiger partial charge is 0.335 e. The van der Waals surface area contributed by atoms with Crippen LogP contribution in [0.1, 0.15) is 41.4 Å². The van der Waals surface area contributed by atoms with Crippen molar-refractivity contribution in [2.75, 3.05) is 14.2 Å². The molecular weight excluding hydrogens is 1120 g/mol. The van der Waals surface area contributed by atoms with Crippen molar-refractivity contribution >= 4 is 67.8 Å². The summed E-state index contributed by atoms with van der Waals surface area (Å²) < 4.78 is 31.7. The van der Waals surface area contributed by atoms with Gasteiger partial charge in [0.1, 0.15) is 34.3 Å². The molecule has 10 aromatic carbocycles. The van der Waals surface area contributed by atoms with Gasteiger partial charge in [-0.1, -0.05) is 142 Å². The second-order valence-electron chi connectivity index (χ2n) is 19.5. The van der Waals surface area contributed by atoms with E-state index < -0.39 is 23.9 Å². The lowest BCUT2D eigenvalue weighted by Gasteiger charge is -2.02. The molecule has 432 valence electrons. The number of carbonyl (C=O) groups is 4. The Hall–Kier alpha value is -12.4. The van der Waals surface area contributed by atoms with Crippen LogP contribution in [0.15, 0.2) is 249 Å². The fourth-order valence-corrected chi connectivity index (χ4v) is 9.56. The number of ether oxygens (including phenoxy) is 2. The van der Waals surface area contributed by atoms with Crippen LogP contribution in [0.25, 0.3) is 111 Å². The summed E-state index contributed by atoms with van der Waals surface area (Å²) >= 11 is 0. The van der Waals surface area contributed by atoms with Crippen molar-refractivity contribution < 1.29 is 67.2 Å². The summed E-state index contributed by atoms with van der Waals surface area (Å²) in [5.74, 6) is -2.45. The van der Waals surface area contributed by atoms with Gasteiger partial charge < -0.3 is 48.0 Å². The van der Waals surface area contributed by atoms with Crippen LogP contribution in [0.5, 0.6) is 11.5 Å². The Labute approximate surface area is 499 Å². The number of aromatic nitrogens is 4. The first kappa shape index (κ1) is 57.4. The minimum Gasteiger partial charge on any atom is -0.497 e. The van der Waals surface area contributed by atoms with E-state index in [0.717, 1.165) is 60.5 Å². The van der Waals surface area contributed by atoms with Gasteiger partial charge >= 0.3 is 23.9 Å². The molecule has 0 aliphatic rings. The summed E-state index contributed by atoms with van der Waals surface area (Å²) in [7, 11) is 3.16. The third kappa shape index (κ3) is 12.6. The maximum absolute atomic E-state index is 11.1. The Morgan fingerprint density at radius 1 is 0.284 bits per heavy atom. The molecule has 88 heavy (non-hydrogen) atoms. The molecule has 0 bridgehead atoms. The van der Waals surface area contributed by atoms with E-state index in [2.05, 4.69) is 20.6 Å². The first-order valence-electron chi connectivity index (χ1n) is 26.9. The van der Waals surface area contributed by atoms with E-state index in [0.29, 0.717) is 62.2 Å². The van der Waals surface area contributed by atoms with Crippen molar-refractivity contribution in [3.05, 3.63) is 253 Å². The van der Waals surface area contributed by atoms with Crippen molar-refractivity contribution in [2.45, 2.75) is 0 Å². The van der Waals surface area contributed by atoms with E-state index >= 15 is 0 Å². The maximum Gasteiger partial charge on any atom is 0.335 e. The predicted molar refractivity (Wildman–Crippen MR) is 330 cm³/mol. The fraction of sp³-hybridized carbons (Fsp3) is 0.0286. The van der Waals surface area contributed by atoms with Gasteiger partial charge in [-0.2, -0.15) is 0 Å². The highest BCUT2D eigenvalue weighted by Gasteiger charge is 2.18. The van der Waals surface area contributed by atoms with Gasteiger partial charge in [0.2, 0.25) is 0 Å². The van der Waals surface area contributed by atoms with Gasteiger partial charge in [0.15, 0.2) is 22.3 Å². The summed E-state index contributed by atoms with van der Waals surface area (Å²) in [4.78, 5) is 43.9. The van der Waals surface area contributed by atoms with Gasteiger partial charge in [-0.25, -0.2) is 19.2 Å². The van der Waals surface area contributed by atoms with Crippen molar-refractivity contribution in [1.82, 2.24) is 20.6 Å². The van der Waals surface area contributed by atoms with Crippen LogP contribution < -0.4 is 9.47 Å². The lowest BCUT2D eigenvalue weighted by molar-refractivity contribution is 0.0686. The van der Waals surface area contributed by atoms with Crippen LogP contribution in [0.4, 0.5) is 0 Å². The Morgan fingerprint density at radius 2 is 0.580 bits per heavy atom. The third-order valence-electron chi connectivity index (χ3n) is 14.1. The number of hydrogen-bond donors (Lipinski definition) is 4. The first-order valence-corrected chi connectivity index (χ1v) is 26.9. The first-order chi connectivity index (χ1) is 42.8. The molecule has 4 N–H and O–H groups in total. The summed E-state index contributed by atoms with van der Waals surface area (Å²) in [6, 6.07) is 69.2. The van der Waals surface area contributed by atoms with Gasteiger partial charge in [-0.05, 0) is 119 Å². The van der Waals surface area contributed by atoms with Crippen LogP contribution in [0, 0.1) is 0 Å². The highest BCUT2D eigenvalue weighted by molar-refractivity contribution is 5.99. The molecule has 18 heteroatoms. The highest BCUT2D eigenvalue weighted by atomic mass is 16.5. The highest BCUT2D eigenvalue weighted by Crippen LogP contribution is 2.36. The fourth-order valence-electron chi connectivity index (χ4n) is 9.56. The second-order valence-corrected chi connectivity index (χ2v) is 19.5. The van der Waals surface area contributed by atoms with Crippen LogP contribution >= 0.6 is 0 Å². The molecule has 4 heterocycles. The van der Waals surface area contributed by atoms with Gasteiger partial charge in [-0.15, -0.1) is 0 Å². The molecule has 0 radical (unpaired) electrons. The third-order valence-corrected chi connectivity index (χ3v) is 14.1. The number of nitrogens with zero attached hydrogens (tertiary/aromatic N) is 4. The monoisotopic (exact) mass is 1170 g/mol. The SMILES string of the molecule is COc1ccc2c(-c3ccc(C(=O)O)cc3)noc2c1.COc1ccc2c(-c3cccc(C(=O)O)c3)noc2c1.O=C(O)c1ccc(-c2noc3cc(-c4ccccc4)ccc23)cc1.O=C(O)c1cccc(-c2noc3cc(-c4ccccc4)ccc23)c1. The van der Waals surface area contributed by atoms with Gasteiger partial charge in [-0.3, -0.25) is 0 Å². The van der Waals surface area contributed by atoms with Gasteiger partial charge in [0.25, 0.3) is 0 Å². The zero-order valence-corrected chi connectivity index (χ0v) is 46.6. The molecule has 0 aliphatic heterocycles. The average molecular weight is 1170 g/mol. The number of carboxylic acid groups (broad SMARTS) is 4. The molecule has 0 atom stereocenters. The minimum atomic E-state index is -0.971. The Balaban J connectivity index is 0.000000122. The molecule has 4 aromatic heterocycles. The molecule has 14 aromatic rings. The molecule has 0 fully saturated rings. The molecule has 0 spiro atoms. The number of methoxy groups -OCH3 is 2. The van der Waals surface area contributed by atoms with Crippen molar-refractivity contribution in [1.29, 1.82) is 0 Å². The molecule has 0 amide bonds. The van der Waals surface area contributed by atoms with Gasteiger partial charge in [0, 0.05) is 55.9 Å². The predicted octanol–water partition coefficient (Wildman–Crippen LogP) is 16.1. The summed E-state index contributed by atoms with van der Waals surface area (Å²) in [5.41, 5.74) is 13.6. The summed E-state index contributed by atoms with van der Waals surface area (Å²) in [6.45, 7) is 0. The van der Waals surface area contributed by atoms with E-state index in [1.807, 2.05) is 127 Å². The van der Waals surface area contributed by atoms with Crippen LogP contribution in [-0.4, -0.2) is 79.1 Å². The van der Waals surface area contributed by atoms with E-state index in [9.17, 15) is 19.2 Å². The van der Waals surface area contributed by atoms with Crippen LogP contribution in [-0.2, 0) is 0 Å². The Morgan fingerprint density at radius 3 is 0.909 bits per heavy atom. The van der Waals surface area contributed by atoms with Crippen molar-refractivity contribution in [2.24, 2.45) is 0 Å². The quantitative estimate of drug-likeness (QED) is 0.0885. The van der Waals surface area contributed by atoms with E-state index in [-0.39, 0.29) is 22.3 Å². The zero-order chi connectivity index (χ0) is 61.3. The zero-order valence-electron chi connectivity index (χ0n) is 46.6. The van der Waals surface area contributed by atoms with Crippen LogP contribution in [0.2, 0.25) is 0 Å². The lowest BCUT2D eigenvalue weighted by atomic mass is 10.0. The number of carboxylic acids is 4. The van der Waals surface area contributed by atoms with Gasteiger partial charge in [0.05, 0.1) is 36.5 Å². The topological polar surface area (TPSA) is 272 Å². The normalized spacial score (nSPS) is 10.8. The number of fused-ring (bicyclic) bond motifs is 4. The molecular formula is C70H48N4O14. The minimum absolute atomic E-state index is 0.215. The summed E-state index contributed by atoms with van der Waals surface area (Å²) in [5, 5.41) is 55.8. The Bertz CT molecular complexity index is 4840. The van der Waals surface area contributed by atoms with Crippen LogP contribution in [0.3, 0.4) is 0 Å². The molecule has 14 rings (SSSR count). The lowest BCUT2D eigenvalue weighted by Crippen LogP contribution is -1.95. The number of aromatic carboxylic acids is 4. The maximum atomic E-state index is 11.1. The molecule has 0 saturated heterocycles. The average Bonchev–Trinajstić information content (AvgIpc) is 2.57. The molecule has 18 nitrogen and oxygen atoms in total. The second kappa shape index (κ2) is 25.6. The number of hydrogen-bond acceptors (Lipinski definition) is 14. The van der Waals surface area contributed by atoms with E-state index in [4.69, 9.17) is 48.0 Å². The summed E-state index contributed by atoms with van der Waals surface area (Å²) in [6.07, 6.45) is 0. The molecule has 0 saturated carbocycles. The van der Waals surface area contributed by atoms with Crippen molar-refractivity contribution in [3.63, 3.8) is 0 Å². The largest absolute Gasteiger partial charge is 0.497 e. The van der Waals surface area contributed by atoms with E-state index in [1.54, 1.807) is 111 Å². The molecule has 0 aliphatic carbocycles. The number of rotatable bonds is 12. The van der Waals surface area contributed by atoms with E-state index in [1.165, 1.54) is 6.07 Å². The van der Waals surface area contributed by atoms with Crippen molar-refractivity contribution in [3.8, 4) is 78.8 Å². The number of benzene rings is 10. The standard InChI is InChI=1S/2C20H13NO3.2C15H11NO4/c22-20(23)16-8-4-7-15(11-16)19-17-10-9-14(12-18(17)24-21-19)13-5-2-1-3-6-13;22-20(23)15-8-6-14(7-9-15)19-17-11-10-16(12-18(17)24-21-19)13-4-2-1-3-5-13;1-19-11-6-7-12-13(8-11)20-16-14(12)9-2-4-10(5-3-9)15(17)18;1-19-11-5-6-12-13(8-11)20-16-14(12)9-3-2-4-10(7-9)15(17)18/h2*1-12H,(H,22,23);2*2-8H,1H3,(H,17,18). The Kier molecular flexibility index (Phi) is 16.7.